The van der Waals surface area contributed by atoms with E-state index in [1.54, 1.807) is 0 Å². The molecule has 1 rings (SSSR count). The van der Waals surface area contributed by atoms with Crippen molar-refractivity contribution < 1.29 is 0 Å². The lowest BCUT2D eigenvalue weighted by atomic mass is 9.91. The van der Waals surface area contributed by atoms with Crippen LogP contribution in [0.3, 0.4) is 0 Å². The highest BCUT2D eigenvalue weighted by Crippen LogP contribution is 2.28. The first kappa shape index (κ1) is 15.2. The normalized spacial score (nSPS) is 16.4. The first-order chi connectivity index (χ1) is 8.27. The summed E-state index contributed by atoms with van der Waals surface area (Å²) in [5.74, 6) is 0. The lowest BCUT2D eigenvalue weighted by Gasteiger charge is -2.28. The van der Waals surface area contributed by atoms with Crippen LogP contribution in [0.1, 0.15) is 46.6 Å². The molecule has 1 aromatic carbocycles. The molecule has 1 atom stereocenters. The molecule has 0 amide bonds. The smallest absolute Gasteiger partial charge is 0.0857 e. The van der Waals surface area contributed by atoms with E-state index in [0.29, 0.717) is 0 Å². The van der Waals surface area contributed by atoms with Crippen LogP contribution in [0.15, 0.2) is 35.3 Å². The van der Waals surface area contributed by atoms with Crippen LogP contribution < -0.4 is 0 Å². The van der Waals surface area contributed by atoms with E-state index in [-0.39, 0.29) is 10.4 Å². The first-order valence-electron chi connectivity index (χ1n) is 6.56. The summed E-state index contributed by atoms with van der Waals surface area (Å²) in [4.78, 5) is 4.37. The average Bonchev–Trinajstić information content (AvgIpc) is 2.28. The summed E-state index contributed by atoms with van der Waals surface area (Å²) in [7, 11) is 0. The van der Waals surface area contributed by atoms with Gasteiger partial charge in [-0.05, 0) is 46.1 Å². The largest absolute Gasteiger partial charge is 0.287 e. The summed E-state index contributed by atoms with van der Waals surface area (Å²) in [6.07, 6.45) is 1.71. The fourth-order valence-electron chi connectivity index (χ4n) is 2.03. The molecule has 0 aromatic heterocycles. The average molecular weight is 266 g/mol. The molecule has 0 bridgehead atoms. The molecular formula is C16H24ClN. The van der Waals surface area contributed by atoms with Crippen molar-refractivity contribution in [3.63, 3.8) is 0 Å². The Morgan fingerprint density at radius 1 is 1.17 bits per heavy atom. The zero-order valence-corrected chi connectivity index (χ0v) is 12.9. The van der Waals surface area contributed by atoms with Gasteiger partial charge in [-0.1, -0.05) is 37.3 Å². The van der Waals surface area contributed by atoms with Gasteiger partial charge in [-0.3, -0.25) is 4.99 Å². The van der Waals surface area contributed by atoms with Crippen molar-refractivity contribution in [1.29, 1.82) is 0 Å². The molecule has 100 valence electrons. The number of halogens is 1. The monoisotopic (exact) mass is 265 g/mol. The molecule has 1 unspecified atom stereocenters. The Morgan fingerprint density at radius 3 is 2.17 bits per heavy atom. The van der Waals surface area contributed by atoms with Crippen molar-refractivity contribution in [2.24, 2.45) is 4.99 Å². The molecule has 0 spiro atoms. The van der Waals surface area contributed by atoms with Crippen LogP contribution in [0.4, 0.5) is 0 Å². The Bertz CT molecular complexity index is 403. The number of alkyl halides is 1. The number of rotatable bonds is 4. The molecule has 0 N–H and O–H groups in total. The van der Waals surface area contributed by atoms with Crippen LogP contribution in [0.5, 0.6) is 0 Å². The maximum atomic E-state index is 6.78. The summed E-state index contributed by atoms with van der Waals surface area (Å²) < 4.78 is 0. The fraction of sp³-hybridized carbons (Fsp3) is 0.562. The maximum Gasteiger partial charge on any atom is 0.0857 e. The highest BCUT2D eigenvalue weighted by molar-refractivity contribution is 6.36. The molecule has 0 fully saturated rings. The molecule has 0 heterocycles. The highest BCUT2D eigenvalue weighted by atomic mass is 35.5. The third-order valence-electron chi connectivity index (χ3n) is 3.04. The molecular weight excluding hydrogens is 242 g/mol. The zero-order valence-electron chi connectivity index (χ0n) is 12.1. The third kappa shape index (κ3) is 4.45. The number of hydrogen-bond donors (Lipinski definition) is 0. The Kier molecular flexibility index (Phi) is 4.98. The zero-order chi connectivity index (χ0) is 13.8. The molecule has 0 aliphatic carbocycles. The molecule has 0 radical (unpaired) electrons. The second kappa shape index (κ2) is 5.88. The molecule has 18 heavy (non-hydrogen) atoms. The topological polar surface area (TPSA) is 12.4 Å². The molecule has 0 saturated carbocycles. The van der Waals surface area contributed by atoms with E-state index >= 15 is 0 Å². The predicted octanol–water partition coefficient (Wildman–Crippen LogP) is 4.88. The first-order valence-corrected chi connectivity index (χ1v) is 6.94. The molecule has 0 aliphatic rings. The van der Waals surface area contributed by atoms with Gasteiger partial charge in [0, 0.05) is 5.71 Å². The molecule has 0 saturated heterocycles. The highest BCUT2D eigenvalue weighted by Gasteiger charge is 2.30. The van der Waals surface area contributed by atoms with Crippen LogP contribution >= 0.6 is 11.6 Å². The van der Waals surface area contributed by atoms with E-state index < -0.39 is 0 Å². The van der Waals surface area contributed by atoms with Crippen LogP contribution in [-0.4, -0.2) is 16.1 Å². The minimum absolute atomic E-state index is 0.0733. The van der Waals surface area contributed by atoms with E-state index in [1.807, 2.05) is 13.0 Å². The van der Waals surface area contributed by atoms with E-state index in [1.165, 1.54) is 5.56 Å². The van der Waals surface area contributed by atoms with Gasteiger partial charge in [-0.15, -0.1) is 11.6 Å². The van der Waals surface area contributed by atoms with Gasteiger partial charge in [-0.2, -0.15) is 0 Å². The van der Waals surface area contributed by atoms with Crippen molar-refractivity contribution >= 4 is 17.3 Å². The Balaban J connectivity index is 2.96. The summed E-state index contributed by atoms with van der Waals surface area (Å²) >= 11 is 6.78. The third-order valence-corrected chi connectivity index (χ3v) is 3.71. The Labute approximate surface area is 116 Å². The van der Waals surface area contributed by atoms with Gasteiger partial charge < -0.3 is 0 Å². The summed E-state index contributed by atoms with van der Waals surface area (Å²) in [6, 6.07) is 10.4. The van der Waals surface area contributed by atoms with Gasteiger partial charge in [0.2, 0.25) is 0 Å². The second-order valence-corrected chi connectivity index (χ2v) is 6.57. The molecule has 0 aliphatic heterocycles. The minimum atomic E-state index is -0.366. The van der Waals surface area contributed by atoms with Gasteiger partial charge in [0.15, 0.2) is 0 Å². The van der Waals surface area contributed by atoms with Crippen LogP contribution in [0, 0.1) is 0 Å². The maximum absolute atomic E-state index is 6.78. The van der Waals surface area contributed by atoms with Gasteiger partial charge in [-0.25, -0.2) is 0 Å². The van der Waals surface area contributed by atoms with Gasteiger partial charge in [0.25, 0.3) is 0 Å². The van der Waals surface area contributed by atoms with E-state index in [2.05, 4.69) is 52.0 Å². The van der Waals surface area contributed by atoms with Gasteiger partial charge in [0.05, 0.1) is 10.4 Å². The van der Waals surface area contributed by atoms with Crippen molar-refractivity contribution in [3.05, 3.63) is 35.9 Å². The number of hydrogen-bond acceptors (Lipinski definition) is 1. The minimum Gasteiger partial charge on any atom is -0.287 e. The van der Waals surface area contributed by atoms with Gasteiger partial charge >= 0.3 is 0 Å². The fourth-order valence-corrected chi connectivity index (χ4v) is 2.23. The van der Waals surface area contributed by atoms with Crippen molar-refractivity contribution in [2.45, 2.75) is 57.9 Å². The SMILES string of the molecule is CCC(Cl)(Cc1ccccc1)C(C)=NC(C)(C)C. The Hall–Kier alpha value is -0.820. The molecule has 1 nitrogen and oxygen atoms in total. The molecule has 2 heteroatoms. The quantitative estimate of drug-likeness (QED) is 0.544. The summed E-state index contributed by atoms with van der Waals surface area (Å²) in [5.41, 5.74) is 2.22. The lowest BCUT2D eigenvalue weighted by molar-refractivity contribution is 0.571. The van der Waals surface area contributed by atoms with E-state index in [9.17, 15) is 0 Å². The van der Waals surface area contributed by atoms with Crippen molar-refractivity contribution in [3.8, 4) is 0 Å². The predicted molar refractivity (Wildman–Crippen MR) is 81.9 cm³/mol. The summed E-state index contributed by atoms with van der Waals surface area (Å²) in [5, 5.41) is 0. The number of nitrogens with zero attached hydrogens (tertiary/aromatic N) is 1. The van der Waals surface area contributed by atoms with E-state index in [4.69, 9.17) is 16.6 Å². The summed E-state index contributed by atoms with van der Waals surface area (Å²) in [6.45, 7) is 10.5. The second-order valence-electron chi connectivity index (χ2n) is 5.85. The van der Waals surface area contributed by atoms with Crippen molar-refractivity contribution in [1.82, 2.24) is 0 Å². The Morgan fingerprint density at radius 2 is 1.72 bits per heavy atom. The van der Waals surface area contributed by atoms with Crippen LogP contribution in [0.25, 0.3) is 0 Å². The standard InChI is InChI=1S/C16H24ClN/c1-6-16(17,13(2)18-15(3,4)5)12-14-10-8-7-9-11-14/h7-11H,6,12H2,1-5H3. The molecule has 1 aromatic rings. The number of aliphatic imine (C=N–C) groups is 1. The van der Waals surface area contributed by atoms with Crippen LogP contribution in [0.2, 0.25) is 0 Å². The van der Waals surface area contributed by atoms with Crippen molar-refractivity contribution in [2.75, 3.05) is 0 Å². The van der Waals surface area contributed by atoms with Crippen LogP contribution in [-0.2, 0) is 6.42 Å². The number of benzene rings is 1. The van der Waals surface area contributed by atoms with E-state index in [0.717, 1.165) is 18.6 Å². The van der Waals surface area contributed by atoms with Gasteiger partial charge in [0.1, 0.15) is 0 Å². The lowest BCUT2D eigenvalue weighted by Crippen LogP contribution is -2.34.